The van der Waals surface area contributed by atoms with Crippen LogP contribution in [0.2, 0.25) is 0 Å². The van der Waals surface area contributed by atoms with Gasteiger partial charge >= 0.3 is 0 Å². The average Bonchev–Trinajstić information content (AvgIpc) is 2.91. The van der Waals surface area contributed by atoms with Crippen molar-refractivity contribution in [2.24, 2.45) is 5.73 Å². The molecule has 0 radical (unpaired) electrons. The SMILES string of the molecule is NCC(c1cccs1)C(O)c1cc(Br)c(Br)s1. The summed E-state index contributed by atoms with van der Waals surface area (Å²) >= 11 is 10.0. The lowest BCUT2D eigenvalue weighted by Gasteiger charge is -2.18. The molecule has 17 heavy (non-hydrogen) atoms. The molecule has 0 bridgehead atoms. The molecule has 0 aromatic carbocycles. The highest BCUT2D eigenvalue weighted by Crippen LogP contribution is 2.40. The van der Waals surface area contributed by atoms with E-state index in [0.29, 0.717) is 6.54 Å². The Morgan fingerprint density at radius 1 is 1.35 bits per heavy atom. The largest absolute Gasteiger partial charge is 0.387 e. The quantitative estimate of drug-likeness (QED) is 0.816. The molecular weight excluding hydrogens is 386 g/mol. The molecule has 0 aliphatic heterocycles. The summed E-state index contributed by atoms with van der Waals surface area (Å²) in [6.07, 6.45) is -0.550. The van der Waals surface area contributed by atoms with Crippen molar-refractivity contribution in [3.05, 3.63) is 41.6 Å². The van der Waals surface area contributed by atoms with E-state index in [9.17, 15) is 5.11 Å². The van der Waals surface area contributed by atoms with Gasteiger partial charge < -0.3 is 10.8 Å². The monoisotopic (exact) mass is 395 g/mol. The maximum atomic E-state index is 10.4. The van der Waals surface area contributed by atoms with Crippen LogP contribution in [0.3, 0.4) is 0 Å². The first-order valence-electron chi connectivity index (χ1n) is 4.99. The lowest BCUT2D eigenvalue weighted by Crippen LogP contribution is -2.18. The van der Waals surface area contributed by atoms with Crippen LogP contribution in [-0.2, 0) is 0 Å². The second-order valence-electron chi connectivity index (χ2n) is 3.57. The van der Waals surface area contributed by atoms with Gasteiger partial charge in [-0.1, -0.05) is 6.07 Å². The Morgan fingerprint density at radius 3 is 2.59 bits per heavy atom. The number of nitrogens with two attached hydrogens (primary N) is 1. The van der Waals surface area contributed by atoms with Crippen LogP contribution < -0.4 is 5.73 Å². The van der Waals surface area contributed by atoms with E-state index in [-0.39, 0.29) is 5.92 Å². The van der Waals surface area contributed by atoms with E-state index in [1.54, 1.807) is 11.3 Å². The summed E-state index contributed by atoms with van der Waals surface area (Å²) in [5.74, 6) is -0.0348. The van der Waals surface area contributed by atoms with Crippen LogP contribution in [-0.4, -0.2) is 11.7 Å². The van der Waals surface area contributed by atoms with Crippen LogP contribution in [0.5, 0.6) is 0 Å². The molecule has 2 aromatic rings. The zero-order chi connectivity index (χ0) is 12.4. The van der Waals surface area contributed by atoms with Gasteiger partial charge in [0, 0.05) is 26.7 Å². The van der Waals surface area contributed by atoms with Gasteiger partial charge in [0.05, 0.1) is 9.89 Å². The number of aliphatic hydroxyl groups excluding tert-OH is 1. The van der Waals surface area contributed by atoms with E-state index in [4.69, 9.17) is 5.73 Å². The Hall–Kier alpha value is 0.280. The lowest BCUT2D eigenvalue weighted by atomic mass is 9.99. The van der Waals surface area contributed by atoms with Gasteiger partial charge in [-0.05, 0) is 49.4 Å². The predicted octanol–water partition coefficient (Wildman–Crippen LogP) is 4.11. The minimum absolute atomic E-state index is 0.0348. The molecule has 92 valence electrons. The van der Waals surface area contributed by atoms with Gasteiger partial charge in [-0.3, -0.25) is 0 Å². The maximum Gasteiger partial charge on any atom is 0.0971 e. The summed E-state index contributed by atoms with van der Waals surface area (Å²) in [6, 6.07) is 5.94. The number of hydrogen-bond acceptors (Lipinski definition) is 4. The van der Waals surface area contributed by atoms with Gasteiger partial charge in [0.25, 0.3) is 0 Å². The zero-order valence-corrected chi connectivity index (χ0v) is 13.6. The van der Waals surface area contributed by atoms with Gasteiger partial charge in [0.1, 0.15) is 0 Å². The summed E-state index contributed by atoms with van der Waals surface area (Å²) in [6.45, 7) is 0.439. The third kappa shape index (κ3) is 3.00. The molecule has 3 N–H and O–H groups in total. The highest BCUT2D eigenvalue weighted by atomic mass is 79.9. The fraction of sp³-hybridized carbons (Fsp3) is 0.273. The third-order valence-electron chi connectivity index (χ3n) is 2.50. The molecule has 0 fully saturated rings. The van der Waals surface area contributed by atoms with Crippen LogP contribution in [0.25, 0.3) is 0 Å². The third-order valence-corrected chi connectivity index (χ3v) is 6.83. The summed E-state index contributed by atoms with van der Waals surface area (Å²) < 4.78 is 1.96. The Kier molecular flexibility index (Phi) is 4.80. The minimum atomic E-state index is -0.550. The maximum absolute atomic E-state index is 10.4. The fourth-order valence-corrected chi connectivity index (χ4v) is 4.62. The normalized spacial score (nSPS) is 14.8. The van der Waals surface area contributed by atoms with Gasteiger partial charge in [-0.15, -0.1) is 22.7 Å². The number of aliphatic hydroxyl groups is 1. The number of halogens is 2. The summed E-state index contributed by atoms with van der Waals surface area (Å²) in [5.41, 5.74) is 5.77. The van der Waals surface area contributed by atoms with Crippen molar-refractivity contribution in [2.75, 3.05) is 6.54 Å². The van der Waals surface area contributed by atoms with E-state index in [2.05, 4.69) is 31.9 Å². The zero-order valence-electron chi connectivity index (χ0n) is 8.77. The first-order valence-corrected chi connectivity index (χ1v) is 8.28. The molecule has 0 saturated heterocycles. The van der Waals surface area contributed by atoms with Gasteiger partial charge in [0.2, 0.25) is 0 Å². The fourth-order valence-electron chi connectivity index (χ4n) is 1.61. The van der Waals surface area contributed by atoms with Crippen LogP contribution in [0.1, 0.15) is 21.8 Å². The van der Waals surface area contributed by atoms with E-state index < -0.39 is 6.10 Å². The molecule has 0 aliphatic carbocycles. The number of rotatable bonds is 4. The molecule has 0 amide bonds. The highest BCUT2D eigenvalue weighted by Gasteiger charge is 2.24. The second kappa shape index (κ2) is 5.95. The molecule has 2 atom stereocenters. The second-order valence-corrected chi connectivity index (χ2v) is 7.81. The molecular formula is C11H11Br2NOS2. The lowest BCUT2D eigenvalue weighted by molar-refractivity contribution is 0.152. The van der Waals surface area contributed by atoms with E-state index >= 15 is 0 Å². The van der Waals surface area contributed by atoms with Crippen molar-refractivity contribution >= 4 is 54.5 Å². The van der Waals surface area contributed by atoms with Crippen molar-refractivity contribution < 1.29 is 5.11 Å². The number of hydrogen-bond donors (Lipinski definition) is 2. The Bertz CT molecular complexity index is 464. The van der Waals surface area contributed by atoms with E-state index in [1.165, 1.54) is 11.3 Å². The Labute approximate surface area is 125 Å². The van der Waals surface area contributed by atoms with Gasteiger partial charge in [-0.25, -0.2) is 0 Å². The molecule has 6 heteroatoms. The number of thiophene rings is 2. The smallest absolute Gasteiger partial charge is 0.0971 e. The topological polar surface area (TPSA) is 46.2 Å². The first kappa shape index (κ1) is 13.7. The van der Waals surface area contributed by atoms with Crippen molar-refractivity contribution in [2.45, 2.75) is 12.0 Å². The molecule has 2 heterocycles. The molecule has 2 aromatic heterocycles. The molecule has 2 rings (SSSR count). The summed E-state index contributed by atoms with van der Waals surface area (Å²) in [4.78, 5) is 2.05. The average molecular weight is 397 g/mol. The van der Waals surface area contributed by atoms with E-state index in [1.807, 2.05) is 23.6 Å². The minimum Gasteiger partial charge on any atom is -0.387 e. The molecule has 0 saturated carbocycles. The Balaban J connectivity index is 2.26. The first-order chi connectivity index (χ1) is 8.13. The van der Waals surface area contributed by atoms with Gasteiger partial charge in [-0.2, -0.15) is 0 Å². The van der Waals surface area contributed by atoms with Crippen LogP contribution in [0, 0.1) is 0 Å². The summed E-state index contributed by atoms with van der Waals surface area (Å²) in [5, 5.41) is 12.4. The summed E-state index contributed by atoms with van der Waals surface area (Å²) in [7, 11) is 0. The predicted molar refractivity (Wildman–Crippen MR) is 80.8 cm³/mol. The van der Waals surface area contributed by atoms with Crippen molar-refractivity contribution in [3.8, 4) is 0 Å². The van der Waals surface area contributed by atoms with Gasteiger partial charge in [0.15, 0.2) is 0 Å². The standard InChI is InChI=1S/C11H11Br2NOS2/c12-7-4-9(17-11(7)13)10(15)6(5-14)8-2-1-3-16-8/h1-4,6,10,15H,5,14H2. The van der Waals surface area contributed by atoms with Crippen LogP contribution in [0.4, 0.5) is 0 Å². The molecule has 0 spiro atoms. The molecule has 2 nitrogen and oxygen atoms in total. The van der Waals surface area contributed by atoms with Crippen molar-refractivity contribution in [1.82, 2.24) is 0 Å². The molecule has 0 aliphatic rings. The highest BCUT2D eigenvalue weighted by molar-refractivity contribution is 9.13. The Morgan fingerprint density at radius 2 is 2.12 bits per heavy atom. The van der Waals surface area contributed by atoms with E-state index in [0.717, 1.165) is 18.0 Å². The molecule has 2 unspecified atom stereocenters. The van der Waals surface area contributed by atoms with Crippen LogP contribution in [0.15, 0.2) is 31.8 Å². The van der Waals surface area contributed by atoms with Crippen LogP contribution >= 0.6 is 54.5 Å². The van der Waals surface area contributed by atoms with Crippen molar-refractivity contribution in [3.63, 3.8) is 0 Å². The van der Waals surface area contributed by atoms with Crippen molar-refractivity contribution in [1.29, 1.82) is 0 Å².